The van der Waals surface area contributed by atoms with Gasteiger partial charge >= 0.3 is 0 Å². The molecule has 1 unspecified atom stereocenters. The predicted molar refractivity (Wildman–Crippen MR) is 86.6 cm³/mol. The minimum absolute atomic E-state index is 0.0394. The molecule has 2 heterocycles. The van der Waals surface area contributed by atoms with Gasteiger partial charge in [0.1, 0.15) is 5.82 Å². The fraction of sp³-hybridized carbons (Fsp3) is 0.600. The molecular weight excluding hydrogens is 332 g/mol. The molecule has 114 valence electrons. The monoisotopic (exact) mass is 352 g/mol. The van der Waals surface area contributed by atoms with E-state index in [1.54, 1.807) is 6.20 Å². The van der Waals surface area contributed by atoms with Gasteiger partial charge in [0.05, 0.1) is 5.56 Å². The molecule has 0 spiro atoms. The van der Waals surface area contributed by atoms with Crippen molar-refractivity contribution in [2.75, 3.05) is 25.0 Å². The molecule has 5 nitrogen and oxygen atoms in total. The summed E-state index contributed by atoms with van der Waals surface area (Å²) in [7, 11) is 0. The number of carbonyl (C=O) groups is 1. The number of rotatable bonds is 5. The number of hydrogen-bond acceptors (Lipinski definition) is 4. The second kappa shape index (κ2) is 6.32. The molecule has 0 aromatic carbocycles. The molecule has 1 amide bonds. The van der Waals surface area contributed by atoms with Crippen LogP contribution in [0.1, 0.15) is 36.5 Å². The van der Waals surface area contributed by atoms with Crippen LogP contribution in [0, 0.1) is 0 Å². The van der Waals surface area contributed by atoms with Crippen molar-refractivity contribution in [3.05, 3.63) is 22.3 Å². The van der Waals surface area contributed by atoms with Crippen LogP contribution in [0.5, 0.6) is 0 Å². The van der Waals surface area contributed by atoms with E-state index in [1.165, 1.54) is 12.8 Å². The van der Waals surface area contributed by atoms with E-state index in [2.05, 4.69) is 36.4 Å². The topological polar surface area (TPSA) is 57.3 Å². The summed E-state index contributed by atoms with van der Waals surface area (Å²) in [5, 5.41) is 6.30. The van der Waals surface area contributed by atoms with E-state index < -0.39 is 0 Å². The Hall–Kier alpha value is -1.14. The Morgan fingerprint density at radius 1 is 1.48 bits per heavy atom. The fourth-order valence-corrected chi connectivity index (χ4v) is 3.19. The van der Waals surface area contributed by atoms with E-state index >= 15 is 0 Å². The first-order valence-electron chi connectivity index (χ1n) is 7.61. The van der Waals surface area contributed by atoms with Crippen LogP contribution in [0.2, 0.25) is 0 Å². The molecule has 2 aliphatic rings. The van der Waals surface area contributed by atoms with E-state index in [0.29, 0.717) is 11.4 Å². The van der Waals surface area contributed by atoms with Gasteiger partial charge in [-0.25, -0.2) is 4.98 Å². The average molecular weight is 353 g/mol. The van der Waals surface area contributed by atoms with Crippen molar-refractivity contribution in [3.63, 3.8) is 0 Å². The first-order chi connectivity index (χ1) is 10.2. The quantitative estimate of drug-likeness (QED) is 0.853. The molecule has 1 atom stereocenters. The molecule has 1 saturated heterocycles. The number of carbonyl (C=O) groups excluding carboxylic acids is 1. The van der Waals surface area contributed by atoms with Gasteiger partial charge in [-0.3, -0.25) is 9.69 Å². The third-order valence-electron chi connectivity index (χ3n) is 4.06. The third kappa shape index (κ3) is 3.55. The molecule has 1 saturated carbocycles. The van der Waals surface area contributed by atoms with Crippen molar-refractivity contribution in [1.82, 2.24) is 15.2 Å². The molecule has 3 rings (SSSR count). The Bertz CT molecular complexity index is 532. The largest absolute Gasteiger partial charge is 0.370 e. The van der Waals surface area contributed by atoms with Crippen LogP contribution in [-0.4, -0.2) is 47.5 Å². The zero-order valence-electron chi connectivity index (χ0n) is 12.2. The Kier molecular flexibility index (Phi) is 4.45. The van der Waals surface area contributed by atoms with Crippen LogP contribution < -0.4 is 10.6 Å². The van der Waals surface area contributed by atoms with Gasteiger partial charge in [0.25, 0.3) is 5.91 Å². The average Bonchev–Trinajstić information content (AvgIpc) is 3.22. The number of halogens is 1. The standard InChI is InChI=1S/C15H21BrN4O/c1-2-17-14-13(7-10(16)8-18-14)15(21)19-11-5-6-20(9-11)12-3-4-12/h7-8,11-12H,2-6,9H2,1H3,(H,17,18)(H,19,21). The molecule has 1 aromatic heterocycles. The Morgan fingerprint density at radius 2 is 2.29 bits per heavy atom. The second-order valence-corrected chi connectivity index (χ2v) is 6.68. The SMILES string of the molecule is CCNc1ncc(Br)cc1C(=O)NC1CCN(C2CC2)C1. The normalized spacial score (nSPS) is 22.3. The number of nitrogens with zero attached hydrogens (tertiary/aromatic N) is 2. The highest BCUT2D eigenvalue weighted by Gasteiger charge is 2.35. The summed E-state index contributed by atoms with van der Waals surface area (Å²) < 4.78 is 0.820. The predicted octanol–water partition coefficient (Wildman–Crippen LogP) is 2.24. The Morgan fingerprint density at radius 3 is 3.00 bits per heavy atom. The molecule has 2 fully saturated rings. The van der Waals surface area contributed by atoms with E-state index in [-0.39, 0.29) is 11.9 Å². The minimum atomic E-state index is -0.0394. The van der Waals surface area contributed by atoms with Crippen LogP contribution in [0.25, 0.3) is 0 Å². The summed E-state index contributed by atoms with van der Waals surface area (Å²) >= 11 is 3.39. The lowest BCUT2D eigenvalue weighted by molar-refractivity contribution is 0.0938. The number of amides is 1. The highest BCUT2D eigenvalue weighted by atomic mass is 79.9. The summed E-state index contributed by atoms with van der Waals surface area (Å²) in [6, 6.07) is 2.86. The van der Waals surface area contributed by atoms with Crippen molar-refractivity contribution >= 4 is 27.7 Å². The third-order valence-corrected chi connectivity index (χ3v) is 4.50. The van der Waals surface area contributed by atoms with Gasteiger partial charge < -0.3 is 10.6 Å². The fourth-order valence-electron chi connectivity index (χ4n) is 2.86. The molecule has 21 heavy (non-hydrogen) atoms. The zero-order chi connectivity index (χ0) is 14.8. The molecular formula is C15H21BrN4O. The van der Waals surface area contributed by atoms with Gasteiger partial charge in [0.15, 0.2) is 0 Å². The number of aromatic nitrogens is 1. The van der Waals surface area contributed by atoms with Crippen LogP contribution in [0.15, 0.2) is 16.7 Å². The van der Waals surface area contributed by atoms with E-state index in [4.69, 9.17) is 0 Å². The summed E-state index contributed by atoms with van der Waals surface area (Å²) in [6.07, 6.45) is 5.39. The van der Waals surface area contributed by atoms with Gasteiger partial charge in [-0.15, -0.1) is 0 Å². The van der Waals surface area contributed by atoms with Gasteiger partial charge in [0.2, 0.25) is 0 Å². The summed E-state index contributed by atoms with van der Waals surface area (Å²) in [5.41, 5.74) is 0.607. The molecule has 0 radical (unpaired) electrons. The smallest absolute Gasteiger partial charge is 0.255 e. The molecule has 1 aromatic rings. The summed E-state index contributed by atoms with van der Waals surface area (Å²) in [6.45, 7) is 4.82. The number of hydrogen-bond donors (Lipinski definition) is 2. The van der Waals surface area contributed by atoms with Crippen molar-refractivity contribution in [3.8, 4) is 0 Å². The minimum Gasteiger partial charge on any atom is -0.370 e. The van der Waals surface area contributed by atoms with E-state index in [9.17, 15) is 4.79 Å². The van der Waals surface area contributed by atoms with Gasteiger partial charge in [-0.1, -0.05) is 0 Å². The summed E-state index contributed by atoms with van der Waals surface area (Å²) in [5.74, 6) is 0.609. The van der Waals surface area contributed by atoms with Crippen molar-refractivity contribution in [2.45, 2.75) is 38.3 Å². The lowest BCUT2D eigenvalue weighted by Crippen LogP contribution is -2.37. The van der Waals surface area contributed by atoms with Gasteiger partial charge in [0, 0.05) is 42.4 Å². The van der Waals surface area contributed by atoms with Crippen LogP contribution in [0.4, 0.5) is 5.82 Å². The van der Waals surface area contributed by atoms with Crippen LogP contribution >= 0.6 is 15.9 Å². The van der Waals surface area contributed by atoms with Gasteiger partial charge in [-0.05, 0) is 48.2 Å². The first kappa shape index (κ1) is 14.8. The molecule has 0 bridgehead atoms. The highest BCUT2D eigenvalue weighted by Crippen LogP contribution is 2.30. The number of nitrogens with one attached hydrogen (secondary N) is 2. The Balaban J connectivity index is 1.66. The van der Waals surface area contributed by atoms with E-state index in [1.807, 2.05) is 13.0 Å². The maximum Gasteiger partial charge on any atom is 0.255 e. The lowest BCUT2D eigenvalue weighted by atomic mass is 10.2. The molecule has 1 aliphatic carbocycles. The van der Waals surface area contributed by atoms with E-state index in [0.717, 1.165) is 36.6 Å². The van der Waals surface area contributed by atoms with Crippen LogP contribution in [0.3, 0.4) is 0 Å². The maximum absolute atomic E-state index is 12.5. The second-order valence-electron chi connectivity index (χ2n) is 5.77. The number of pyridine rings is 1. The summed E-state index contributed by atoms with van der Waals surface area (Å²) in [4.78, 5) is 19.3. The van der Waals surface area contributed by atoms with Crippen molar-refractivity contribution in [2.24, 2.45) is 0 Å². The van der Waals surface area contributed by atoms with Crippen molar-refractivity contribution < 1.29 is 4.79 Å². The molecule has 6 heteroatoms. The van der Waals surface area contributed by atoms with Gasteiger partial charge in [-0.2, -0.15) is 0 Å². The zero-order valence-corrected chi connectivity index (χ0v) is 13.8. The molecule has 2 N–H and O–H groups in total. The Labute approximate surface area is 133 Å². The number of likely N-dealkylation sites (tertiary alicyclic amines) is 1. The molecule has 1 aliphatic heterocycles. The highest BCUT2D eigenvalue weighted by molar-refractivity contribution is 9.10. The van der Waals surface area contributed by atoms with Crippen molar-refractivity contribution in [1.29, 1.82) is 0 Å². The van der Waals surface area contributed by atoms with Crippen LogP contribution in [-0.2, 0) is 0 Å². The maximum atomic E-state index is 12.5. The lowest BCUT2D eigenvalue weighted by Gasteiger charge is -2.17. The number of anilines is 1. The first-order valence-corrected chi connectivity index (χ1v) is 8.41.